The standard InChI is InChI=1S/C19H18N4O3/c20-9-19(10-24-11-19)12-25-18-6-5-17-21-8-14(23(17)22-18)16-7-13-3-1-2-4-15(13)26-16/h1-8H,9-12,20H2. The molecule has 0 amide bonds. The quantitative estimate of drug-likeness (QED) is 0.595. The number of aromatic nitrogens is 3. The Morgan fingerprint density at radius 2 is 2.08 bits per heavy atom. The van der Waals surface area contributed by atoms with Crippen LogP contribution in [0.4, 0.5) is 0 Å². The third kappa shape index (κ3) is 2.44. The van der Waals surface area contributed by atoms with E-state index in [1.54, 1.807) is 10.7 Å². The van der Waals surface area contributed by atoms with Crippen LogP contribution < -0.4 is 10.5 Å². The van der Waals surface area contributed by atoms with Crippen LogP contribution in [0.3, 0.4) is 0 Å². The largest absolute Gasteiger partial charge is 0.476 e. The molecule has 1 fully saturated rings. The number of imidazole rings is 1. The Bertz CT molecular complexity index is 1040. The maximum atomic E-state index is 5.94. The van der Waals surface area contributed by atoms with Crippen LogP contribution in [0, 0.1) is 5.41 Å². The molecule has 4 heterocycles. The van der Waals surface area contributed by atoms with Crippen LogP contribution in [0.25, 0.3) is 28.1 Å². The fourth-order valence-corrected chi connectivity index (χ4v) is 3.09. The van der Waals surface area contributed by atoms with Gasteiger partial charge in [0.2, 0.25) is 5.88 Å². The molecule has 132 valence electrons. The Balaban J connectivity index is 1.48. The highest BCUT2D eigenvalue weighted by atomic mass is 16.5. The summed E-state index contributed by atoms with van der Waals surface area (Å²) in [4.78, 5) is 4.40. The van der Waals surface area contributed by atoms with Crippen LogP contribution in [-0.2, 0) is 4.74 Å². The summed E-state index contributed by atoms with van der Waals surface area (Å²) < 4.78 is 18.8. The maximum absolute atomic E-state index is 5.94. The SMILES string of the molecule is NCC1(COc2ccc3ncc(-c4cc5ccccc5o4)n3n2)COC1. The summed E-state index contributed by atoms with van der Waals surface area (Å²) in [6, 6.07) is 13.6. The van der Waals surface area contributed by atoms with Gasteiger partial charge in [-0.25, -0.2) is 9.50 Å². The normalized spacial score (nSPS) is 16.0. The predicted molar refractivity (Wildman–Crippen MR) is 96.0 cm³/mol. The third-order valence-electron chi connectivity index (χ3n) is 4.79. The summed E-state index contributed by atoms with van der Waals surface area (Å²) in [5.41, 5.74) is 8.07. The van der Waals surface area contributed by atoms with Gasteiger partial charge in [0.1, 0.15) is 17.9 Å². The van der Waals surface area contributed by atoms with Gasteiger partial charge in [0.05, 0.1) is 24.8 Å². The van der Waals surface area contributed by atoms with E-state index in [4.69, 9.17) is 19.6 Å². The lowest BCUT2D eigenvalue weighted by molar-refractivity contribution is -0.126. The van der Waals surface area contributed by atoms with Gasteiger partial charge in [-0.3, -0.25) is 0 Å². The highest BCUT2D eigenvalue weighted by molar-refractivity contribution is 5.82. The number of nitrogens with two attached hydrogens (primary N) is 1. The molecule has 7 heteroatoms. The van der Waals surface area contributed by atoms with Crippen LogP contribution in [0.2, 0.25) is 0 Å². The second-order valence-electron chi connectivity index (χ2n) is 6.72. The Morgan fingerprint density at radius 3 is 2.85 bits per heavy atom. The third-order valence-corrected chi connectivity index (χ3v) is 4.79. The molecule has 0 aliphatic carbocycles. The lowest BCUT2D eigenvalue weighted by Crippen LogP contribution is -2.52. The number of benzene rings is 1. The number of furan rings is 1. The fourth-order valence-electron chi connectivity index (χ4n) is 3.09. The van der Waals surface area contributed by atoms with Gasteiger partial charge in [-0.1, -0.05) is 18.2 Å². The first-order valence-corrected chi connectivity index (χ1v) is 8.51. The second-order valence-corrected chi connectivity index (χ2v) is 6.72. The molecular weight excluding hydrogens is 332 g/mol. The maximum Gasteiger partial charge on any atom is 0.231 e. The van der Waals surface area contributed by atoms with Gasteiger partial charge < -0.3 is 19.6 Å². The fraction of sp³-hybridized carbons (Fsp3) is 0.263. The van der Waals surface area contributed by atoms with Crippen LogP contribution >= 0.6 is 0 Å². The summed E-state index contributed by atoms with van der Waals surface area (Å²) in [7, 11) is 0. The van der Waals surface area contributed by atoms with Crippen molar-refractivity contribution in [1.82, 2.24) is 14.6 Å². The number of nitrogens with zero attached hydrogens (tertiary/aromatic N) is 3. The summed E-state index contributed by atoms with van der Waals surface area (Å²) in [6.07, 6.45) is 1.75. The van der Waals surface area contributed by atoms with Crippen molar-refractivity contribution in [3.8, 4) is 17.3 Å². The Kier molecular flexibility index (Phi) is 3.44. The molecule has 0 saturated carbocycles. The van der Waals surface area contributed by atoms with Gasteiger partial charge >= 0.3 is 0 Å². The Labute approximate surface area is 149 Å². The summed E-state index contributed by atoms with van der Waals surface area (Å²) in [6.45, 7) is 2.27. The lowest BCUT2D eigenvalue weighted by Gasteiger charge is -2.39. The predicted octanol–water partition coefficient (Wildman–Crippen LogP) is 2.50. The van der Waals surface area contributed by atoms with E-state index in [0.717, 1.165) is 22.3 Å². The smallest absolute Gasteiger partial charge is 0.231 e. The van der Waals surface area contributed by atoms with Gasteiger partial charge in [-0.2, -0.15) is 0 Å². The van der Waals surface area contributed by atoms with Crippen molar-refractivity contribution in [2.75, 3.05) is 26.4 Å². The molecule has 0 unspecified atom stereocenters. The van der Waals surface area contributed by atoms with Gasteiger partial charge in [0, 0.05) is 18.0 Å². The number of ether oxygens (including phenoxy) is 2. The molecule has 3 aromatic heterocycles. The van der Waals surface area contributed by atoms with Gasteiger partial charge in [-0.15, -0.1) is 5.10 Å². The molecule has 1 saturated heterocycles. The molecule has 5 rings (SSSR count). The summed E-state index contributed by atoms with van der Waals surface area (Å²) >= 11 is 0. The highest BCUT2D eigenvalue weighted by Crippen LogP contribution is 2.29. The van der Waals surface area contributed by atoms with E-state index < -0.39 is 0 Å². The molecule has 0 atom stereocenters. The molecule has 7 nitrogen and oxygen atoms in total. The van der Waals surface area contributed by atoms with E-state index in [2.05, 4.69) is 10.1 Å². The second kappa shape index (κ2) is 5.82. The number of hydrogen-bond acceptors (Lipinski definition) is 6. The zero-order chi connectivity index (χ0) is 17.6. The minimum absolute atomic E-state index is 0.104. The van der Waals surface area contributed by atoms with Crippen molar-refractivity contribution < 1.29 is 13.9 Å². The van der Waals surface area contributed by atoms with E-state index in [0.29, 0.717) is 38.0 Å². The van der Waals surface area contributed by atoms with Gasteiger partial charge in [-0.05, 0) is 18.2 Å². The molecule has 4 aromatic rings. The number of rotatable bonds is 5. The van der Waals surface area contributed by atoms with E-state index in [9.17, 15) is 0 Å². The van der Waals surface area contributed by atoms with Crippen LogP contribution in [0.1, 0.15) is 0 Å². The van der Waals surface area contributed by atoms with Gasteiger partial charge in [0.15, 0.2) is 11.4 Å². The van der Waals surface area contributed by atoms with E-state index in [-0.39, 0.29) is 5.41 Å². The van der Waals surface area contributed by atoms with Crippen molar-refractivity contribution in [1.29, 1.82) is 0 Å². The highest BCUT2D eigenvalue weighted by Gasteiger charge is 2.38. The molecule has 0 bridgehead atoms. The molecule has 2 N–H and O–H groups in total. The molecule has 1 aliphatic heterocycles. The van der Waals surface area contributed by atoms with Crippen molar-refractivity contribution in [2.45, 2.75) is 0 Å². The monoisotopic (exact) mass is 350 g/mol. The van der Waals surface area contributed by atoms with Gasteiger partial charge in [0.25, 0.3) is 0 Å². The van der Waals surface area contributed by atoms with Crippen LogP contribution in [0.15, 0.2) is 53.1 Å². The summed E-state index contributed by atoms with van der Waals surface area (Å²) in [5, 5.41) is 5.61. The van der Waals surface area contributed by atoms with Crippen molar-refractivity contribution >= 4 is 16.6 Å². The van der Waals surface area contributed by atoms with Crippen molar-refractivity contribution in [2.24, 2.45) is 11.1 Å². The summed E-state index contributed by atoms with van der Waals surface area (Å²) in [5.74, 6) is 1.24. The molecule has 1 aliphatic rings. The minimum Gasteiger partial charge on any atom is -0.476 e. The average molecular weight is 350 g/mol. The minimum atomic E-state index is -0.104. The van der Waals surface area contributed by atoms with E-state index in [1.165, 1.54) is 0 Å². The average Bonchev–Trinajstić information content (AvgIpc) is 3.24. The van der Waals surface area contributed by atoms with E-state index >= 15 is 0 Å². The van der Waals surface area contributed by atoms with Crippen LogP contribution in [0.5, 0.6) is 5.88 Å². The Morgan fingerprint density at radius 1 is 1.19 bits per heavy atom. The lowest BCUT2D eigenvalue weighted by atomic mass is 9.87. The zero-order valence-corrected chi connectivity index (χ0v) is 14.1. The number of hydrogen-bond donors (Lipinski definition) is 1. The molecule has 0 radical (unpaired) electrons. The topological polar surface area (TPSA) is 87.8 Å². The molecule has 1 aromatic carbocycles. The van der Waals surface area contributed by atoms with Crippen molar-refractivity contribution in [3.05, 3.63) is 48.7 Å². The van der Waals surface area contributed by atoms with Crippen LogP contribution in [-0.4, -0.2) is 41.0 Å². The number of para-hydroxylation sites is 1. The molecule has 26 heavy (non-hydrogen) atoms. The van der Waals surface area contributed by atoms with Crippen molar-refractivity contribution in [3.63, 3.8) is 0 Å². The van der Waals surface area contributed by atoms with E-state index in [1.807, 2.05) is 42.5 Å². The Hall–Kier alpha value is -2.90. The molecular formula is C19H18N4O3. The first-order chi connectivity index (χ1) is 12.8. The molecule has 0 spiro atoms. The number of fused-ring (bicyclic) bond motifs is 2. The zero-order valence-electron chi connectivity index (χ0n) is 14.1. The first kappa shape index (κ1) is 15.4. The first-order valence-electron chi connectivity index (χ1n) is 8.51.